The first-order valence-corrected chi connectivity index (χ1v) is 6.45. The number of hydrogen-bond donors (Lipinski definition) is 2. The van der Waals surface area contributed by atoms with Crippen molar-refractivity contribution in [1.29, 1.82) is 0 Å². The zero-order valence-corrected chi connectivity index (χ0v) is 11.6. The Morgan fingerprint density at radius 3 is 2.23 bits per heavy atom. The van der Waals surface area contributed by atoms with Crippen molar-refractivity contribution in [2.75, 3.05) is 0 Å². The molecule has 3 N–H and O–H groups in total. The van der Waals surface area contributed by atoms with Crippen molar-refractivity contribution in [3.8, 4) is 0 Å². The summed E-state index contributed by atoms with van der Waals surface area (Å²) in [4.78, 5) is 26.3. The van der Waals surface area contributed by atoms with Crippen LogP contribution < -0.4 is 5.73 Å². The van der Waals surface area contributed by atoms with Crippen molar-refractivity contribution in [3.05, 3.63) is 71.3 Å². The second kappa shape index (κ2) is 7.03. The summed E-state index contributed by atoms with van der Waals surface area (Å²) in [5, 5.41) is 9.07. The summed E-state index contributed by atoms with van der Waals surface area (Å²) in [6, 6.07) is 15.1. The number of aliphatic imine (C=N–C) groups is 1. The minimum Gasteiger partial charge on any atom is -0.478 e. The molecule has 0 aliphatic carbocycles. The predicted molar refractivity (Wildman–Crippen MR) is 80.8 cm³/mol. The fourth-order valence-corrected chi connectivity index (χ4v) is 1.80. The van der Waals surface area contributed by atoms with E-state index in [4.69, 9.17) is 15.6 Å². The number of hydrogen-bond acceptors (Lipinski definition) is 3. The monoisotopic (exact) mass is 298 g/mol. The molecule has 22 heavy (non-hydrogen) atoms. The summed E-state index contributed by atoms with van der Waals surface area (Å²) >= 11 is 0. The molecule has 0 aliphatic rings. The van der Waals surface area contributed by atoms with Crippen LogP contribution in [0.5, 0.6) is 0 Å². The highest BCUT2D eigenvalue weighted by Gasteiger charge is 2.13. The molecule has 0 atom stereocenters. The Morgan fingerprint density at radius 1 is 1.00 bits per heavy atom. The topological polar surface area (TPSA) is 102 Å². The van der Waals surface area contributed by atoms with Crippen LogP contribution in [0.3, 0.4) is 0 Å². The third kappa shape index (κ3) is 3.92. The Balaban J connectivity index is 2.09. The van der Waals surface area contributed by atoms with Crippen LogP contribution in [0.1, 0.15) is 21.5 Å². The third-order valence-electron chi connectivity index (χ3n) is 2.85. The van der Waals surface area contributed by atoms with Crippen LogP contribution in [0.25, 0.3) is 0 Å². The summed E-state index contributed by atoms with van der Waals surface area (Å²) < 4.78 is 4.97. The average molecular weight is 298 g/mol. The van der Waals surface area contributed by atoms with Gasteiger partial charge in [-0.05, 0) is 11.6 Å². The zero-order chi connectivity index (χ0) is 15.9. The number of rotatable bonds is 4. The van der Waals surface area contributed by atoms with Crippen LogP contribution in [0.2, 0.25) is 0 Å². The molecule has 6 heteroatoms. The molecule has 2 rings (SSSR count). The lowest BCUT2D eigenvalue weighted by Crippen LogP contribution is -2.19. The lowest BCUT2D eigenvalue weighted by molar-refractivity contribution is 0.0696. The number of ether oxygens (including phenoxy) is 1. The van der Waals surface area contributed by atoms with Crippen LogP contribution in [-0.4, -0.2) is 23.0 Å². The van der Waals surface area contributed by atoms with Gasteiger partial charge in [-0.2, -0.15) is 4.99 Å². The maximum Gasteiger partial charge on any atom is 0.435 e. The van der Waals surface area contributed by atoms with Crippen molar-refractivity contribution in [3.63, 3.8) is 0 Å². The molecule has 0 fully saturated rings. The van der Waals surface area contributed by atoms with E-state index in [2.05, 4.69) is 4.99 Å². The minimum absolute atomic E-state index is 0.0281. The lowest BCUT2D eigenvalue weighted by Gasteiger charge is -2.05. The first-order valence-electron chi connectivity index (χ1n) is 6.45. The fraction of sp³-hybridized carbons (Fsp3) is 0.0625. The molecule has 0 spiro atoms. The van der Waals surface area contributed by atoms with E-state index in [9.17, 15) is 9.59 Å². The summed E-state index contributed by atoms with van der Waals surface area (Å²) in [5.74, 6) is -1.34. The van der Waals surface area contributed by atoms with E-state index in [0.717, 1.165) is 5.56 Å². The first kappa shape index (κ1) is 15.2. The molecule has 0 bridgehead atoms. The van der Waals surface area contributed by atoms with Crippen molar-refractivity contribution in [2.45, 2.75) is 6.61 Å². The Hall–Kier alpha value is -3.15. The van der Waals surface area contributed by atoms with E-state index >= 15 is 0 Å². The number of carboxylic acids is 1. The van der Waals surface area contributed by atoms with Gasteiger partial charge in [0.05, 0.1) is 5.56 Å². The number of carbonyl (C=O) groups is 2. The Kier molecular flexibility index (Phi) is 4.87. The number of carbonyl (C=O) groups excluding carboxylic acids is 1. The van der Waals surface area contributed by atoms with Gasteiger partial charge in [-0.25, -0.2) is 9.59 Å². The maximum atomic E-state index is 11.6. The van der Waals surface area contributed by atoms with Gasteiger partial charge in [-0.3, -0.25) is 0 Å². The van der Waals surface area contributed by atoms with Gasteiger partial charge < -0.3 is 15.6 Å². The molecule has 0 aromatic heterocycles. The minimum atomic E-state index is -1.15. The second-order valence-electron chi connectivity index (χ2n) is 4.39. The third-order valence-corrected chi connectivity index (χ3v) is 2.85. The van der Waals surface area contributed by atoms with E-state index in [1.165, 1.54) is 12.1 Å². The molecular weight excluding hydrogens is 284 g/mol. The number of benzene rings is 2. The second-order valence-corrected chi connectivity index (χ2v) is 4.39. The number of amides is 1. The van der Waals surface area contributed by atoms with Gasteiger partial charge in [0, 0.05) is 5.56 Å². The quantitative estimate of drug-likeness (QED) is 0.666. The molecule has 0 saturated carbocycles. The van der Waals surface area contributed by atoms with Gasteiger partial charge >= 0.3 is 12.1 Å². The van der Waals surface area contributed by atoms with Crippen molar-refractivity contribution in [1.82, 2.24) is 0 Å². The lowest BCUT2D eigenvalue weighted by atomic mass is 10.1. The molecule has 0 heterocycles. The normalized spacial score (nSPS) is 11.0. The molecule has 0 radical (unpaired) electrons. The Labute approximate surface area is 126 Å². The van der Waals surface area contributed by atoms with Crippen molar-refractivity contribution < 1.29 is 19.4 Å². The van der Waals surface area contributed by atoms with Crippen molar-refractivity contribution in [2.24, 2.45) is 10.7 Å². The SMILES string of the molecule is N/C(=N/C(=O)OCc1ccccc1)c1ccccc1C(=O)O. The Bertz CT molecular complexity index is 711. The van der Waals surface area contributed by atoms with Crippen LogP contribution in [-0.2, 0) is 11.3 Å². The van der Waals surface area contributed by atoms with E-state index in [1.54, 1.807) is 24.3 Å². The van der Waals surface area contributed by atoms with E-state index in [0.29, 0.717) is 0 Å². The number of aromatic carboxylic acids is 1. The van der Waals surface area contributed by atoms with Gasteiger partial charge in [0.25, 0.3) is 0 Å². The number of carboxylic acid groups (broad SMARTS) is 1. The van der Waals surface area contributed by atoms with E-state index in [1.807, 2.05) is 18.2 Å². The summed E-state index contributed by atoms with van der Waals surface area (Å²) in [6.07, 6.45) is -0.874. The highest BCUT2D eigenvalue weighted by atomic mass is 16.5. The predicted octanol–water partition coefficient (Wildman–Crippen LogP) is 2.43. The highest BCUT2D eigenvalue weighted by molar-refractivity contribution is 6.09. The molecule has 0 unspecified atom stereocenters. The maximum absolute atomic E-state index is 11.6. The summed E-state index contributed by atoms with van der Waals surface area (Å²) in [6.45, 7) is 0.0665. The van der Waals surface area contributed by atoms with Gasteiger partial charge in [-0.15, -0.1) is 0 Å². The number of nitrogens with zero attached hydrogens (tertiary/aromatic N) is 1. The smallest absolute Gasteiger partial charge is 0.435 e. The van der Waals surface area contributed by atoms with Gasteiger partial charge in [0.15, 0.2) is 0 Å². The summed E-state index contributed by atoms with van der Waals surface area (Å²) in [5.41, 5.74) is 6.65. The van der Waals surface area contributed by atoms with Gasteiger partial charge in [-0.1, -0.05) is 48.5 Å². The molecule has 1 amide bonds. The molecule has 6 nitrogen and oxygen atoms in total. The van der Waals surface area contributed by atoms with Crippen LogP contribution in [0.4, 0.5) is 4.79 Å². The van der Waals surface area contributed by atoms with Crippen LogP contribution in [0, 0.1) is 0 Å². The zero-order valence-electron chi connectivity index (χ0n) is 11.6. The highest BCUT2D eigenvalue weighted by Crippen LogP contribution is 2.09. The molecule has 112 valence electrons. The molecule has 0 aliphatic heterocycles. The van der Waals surface area contributed by atoms with Crippen LogP contribution >= 0.6 is 0 Å². The average Bonchev–Trinajstić information content (AvgIpc) is 2.54. The fourth-order valence-electron chi connectivity index (χ4n) is 1.80. The van der Waals surface area contributed by atoms with Crippen LogP contribution in [0.15, 0.2) is 59.6 Å². The van der Waals surface area contributed by atoms with Gasteiger partial charge in [0.2, 0.25) is 0 Å². The van der Waals surface area contributed by atoms with Gasteiger partial charge in [0.1, 0.15) is 12.4 Å². The molecule has 2 aromatic rings. The standard InChI is InChI=1S/C16H14N2O4/c17-14(12-8-4-5-9-13(12)15(19)20)18-16(21)22-10-11-6-2-1-3-7-11/h1-9H,10H2,(H,19,20)(H2,17,18,21). The van der Waals surface area contributed by atoms with E-state index in [-0.39, 0.29) is 23.6 Å². The summed E-state index contributed by atoms with van der Waals surface area (Å²) in [7, 11) is 0. The molecule has 0 saturated heterocycles. The van der Waals surface area contributed by atoms with E-state index < -0.39 is 12.1 Å². The number of nitrogens with two attached hydrogens (primary N) is 1. The largest absolute Gasteiger partial charge is 0.478 e. The molecule has 2 aromatic carbocycles. The Morgan fingerprint density at radius 2 is 1.59 bits per heavy atom. The van der Waals surface area contributed by atoms with Crippen molar-refractivity contribution >= 4 is 17.9 Å². The number of amidine groups is 1. The first-order chi connectivity index (χ1) is 10.6. The molecular formula is C16H14N2O4.